The van der Waals surface area contributed by atoms with Gasteiger partial charge in [0.05, 0.1) is 20.7 Å². The van der Waals surface area contributed by atoms with E-state index in [4.69, 9.17) is 5.11 Å². The van der Waals surface area contributed by atoms with E-state index in [-0.39, 0.29) is 56.5 Å². The van der Waals surface area contributed by atoms with Crippen LogP contribution in [-0.4, -0.2) is 49.2 Å². The molecule has 0 aromatic heterocycles. The number of rotatable bonds is 4. The maximum Gasteiger partial charge on any atom is 0.183 e. The zero-order valence-corrected chi connectivity index (χ0v) is 12.2. The van der Waals surface area contributed by atoms with Crippen LogP contribution in [0, 0.1) is 44.1 Å². The third kappa shape index (κ3) is 8.94. The normalized spacial score (nSPS) is 10.5. The van der Waals surface area contributed by atoms with Gasteiger partial charge in [0.15, 0.2) is 5.78 Å². The maximum absolute atomic E-state index is 10.6. The molecule has 4 heteroatoms. The minimum absolute atomic E-state index is 0. The molecule has 0 heterocycles. The van der Waals surface area contributed by atoms with E-state index < -0.39 is 0 Å². The SMILES string of the molecule is CC(=O)C[N+](C)(C)CCO.[Ac]. The molecule has 0 aliphatic rings. The number of quaternary nitrogens is 1. The van der Waals surface area contributed by atoms with Crippen molar-refractivity contribution >= 4 is 5.78 Å². The maximum atomic E-state index is 10.6. The second-order valence-electron chi connectivity index (χ2n) is 3.24. The Bertz CT molecular complexity index is 126. The molecule has 3 nitrogen and oxygen atoms in total. The molecular weight excluding hydrogens is 357 g/mol. The quantitative estimate of drug-likeness (QED) is 0.684. The predicted octanol–water partition coefficient (Wildman–Crippen LogP) is -0.356. The van der Waals surface area contributed by atoms with Crippen LogP contribution in [0.2, 0.25) is 0 Å². The van der Waals surface area contributed by atoms with Crippen molar-refractivity contribution in [3.05, 3.63) is 0 Å². The molecule has 0 saturated heterocycles. The number of aliphatic hydroxyl groups is 1. The zero-order chi connectivity index (χ0) is 8.20. The summed E-state index contributed by atoms with van der Waals surface area (Å²) in [5.74, 6) is 0.165. The molecule has 1 N–H and O–H groups in total. The molecule has 63 valence electrons. The molecule has 0 saturated carbocycles. The first kappa shape index (κ1) is 14.5. The van der Waals surface area contributed by atoms with Gasteiger partial charge < -0.3 is 9.59 Å². The first-order valence-corrected chi connectivity index (χ1v) is 3.40. The van der Waals surface area contributed by atoms with E-state index in [0.717, 1.165) is 0 Å². The van der Waals surface area contributed by atoms with Crippen LogP contribution in [0.1, 0.15) is 6.92 Å². The molecule has 0 bridgehead atoms. The van der Waals surface area contributed by atoms with Crippen LogP contribution < -0.4 is 0 Å². The van der Waals surface area contributed by atoms with Crippen LogP contribution in [0.5, 0.6) is 0 Å². The molecule has 0 unspecified atom stereocenters. The van der Waals surface area contributed by atoms with Gasteiger partial charge in [0.25, 0.3) is 0 Å². The summed E-state index contributed by atoms with van der Waals surface area (Å²) in [4.78, 5) is 10.6. The number of carbonyl (C=O) groups excluding carboxylic acids is 1. The van der Waals surface area contributed by atoms with Gasteiger partial charge in [0.2, 0.25) is 0 Å². The van der Waals surface area contributed by atoms with Crippen molar-refractivity contribution in [3.63, 3.8) is 0 Å². The Kier molecular flexibility index (Phi) is 8.65. The van der Waals surface area contributed by atoms with E-state index in [9.17, 15) is 4.79 Å². The van der Waals surface area contributed by atoms with Gasteiger partial charge in [-0.1, -0.05) is 0 Å². The number of nitrogens with zero attached hydrogens (tertiary/aromatic N) is 1. The van der Waals surface area contributed by atoms with Crippen molar-refractivity contribution in [2.75, 3.05) is 33.8 Å². The molecule has 0 aliphatic heterocycles. The van der Waals surface area contributed by atoms with E-state index in [2.05, 4.69) is 0 Å². The van der Waals surface area contributed by atoms with E-state index in [1.807, 2.05) is 14.1 Å². The first-order chi connectivity index (χ1) is 4.48. The van der Waals surface area contributed by atoms with Gasteiger partial charge in [-0.25, -0.2) is 0 Å². The average Bonchev–Trinajstić information content (AvgIpc) is 1.59. The van der Waals surface area contributed by atoms with Crippen molar-refractivity contribution in [2.45, 2.75) is 6.92 Å². The van der Waals surface area contributed by atoms with Crippen molar-refractivity contribution in [3.8, 4) is 0 Å². The van der Waals surface area contributed by atoms with Gasteiger partial charge in [0.1, 0.15) is 13.1 Å². The second-order valence-corrected chi connectivity index (χ2v) is 3.24. The molecule has 0 spiro atoms. The van der Waals surface area contributed by atoms with E-state index in [1.165, 1.54) is 0 Å². The van der Waals surface area contributed by atoms with Crippen molar-refractivity contribution in [1.82, 2.24) is 0 Å². The van der Waals surface area contributed by atoms with Crippen molar-refractivity contribution < 1.29 is 58.4 Å². The fourth-order valence-electron chi connectivity index (χ4n) is 0.953. The molecule has 0 aromatic rings. The largest absolute Gasteiger partial charge is 0.391 e. The topological polar surface area (TPSA) is 37.3 Å². The Balaban J connectivity index is 0. The second kappa shape index (κ2) is 6.54. The summed E-state index contributed by atoms with van der Waals surface area (Å²) in [7, 11) is 3.86. The van der Waals surface area contributed by atoms with Gasteiger partial charge in [-0.15, -0.1) is 0 Å². The zero-order valence-electron chi connectivity index (χ0n) is 7.50. The van der Waals surface area contributed by atoms with E-state index in [1.54, 1.807) is 6.92 Å². The Morgan fingerprint density at radius 1 is 1.45 bits per heavy atom. The number of ketones is 1. The number of carbonyl (C=O) groups is 1. The van der Waals surface area contributed by atoms with Crippen LogP contribution in [0.4, 0.5) is 0 Å². The Morgan fingerprint density at radius 3 is 2.18 bits per heavy atom. The summed E-state index contributed by atoms with van der Waals surface area (Å²) < 4.78 is 0.575. The summed E-state index contributed by atoms with van der Waals surface area (Å²) in [5.41, 5.74) is 0. The summed E-state index contributed by atoms with van der Waals surface area (Å²) in [6.45, 7) is 2.85. The molecular formula is C7H16AcNO2+. The van der Waals surface area contributed by atoms with Gasteiger partial charge in [-0.3, -0.25) is 4.79 Å². The summed E-state index contributed by atoms with van der Waals surface area (Å²) in [6.07, 6.45) is 0. The van der Waals surface area contributed by atoms with Gasteiger partial charge in [0, 0.05) is 51.0 Å². The minimum atomic E-state index is 0. The van der Waals surface area contributed by atoms with Gasteiger partial charge in [-0.2, -0.15) is 0 Å². The smallest absolute Gasteiger partial charge is 0.183 e. The van der Waals surface area contributed by atoms with Crippen molar-refractivity contribution in [1.29, 1.82) is 0 Å². The molecule has 1 radical (unpaired) electrons. The van der Waals surface area contributed by atoms with Crippen LogP contribution in [0.3, 0.4) is 0 Å². The fourth-order valence-corrected chi connectivity index (χ4v) is 0.953. The van der Waals surface area contributed by atoms with Crippen LogP contribution in [0.25, 0.3) is 0 Å². The molecule has 0 amide bonds. The number of Topliss-reactive ketones (excluding diaryl/α,β-unsaturated/α-hetero) is 1. The monoisotopic (exact) mass is 373 g/mol. The predicted molar refractivity (Wildman–Crippen MR) is 39.6 cm³/mol. The Hall–Kier alpha value is 1.03. The third-order valence-corrected chi connectivity index (χ3v) is 1.36. The average molecular weight is 373 g/mol. The Morgan fingerprint density at radius 2 is 1.91 bits per heavy atom. The van der Waals surface area contributed by atoms with Gasteiger partial charge >= 0.3 is 0 Å². The minimum Gasteiger partial charge on any atom is -0.391 e. The van der Waals surface area contributed by atoms with Crippen LogP contribution in [0.15, 0.2) is 0 Å². The fraction of sp³-hybridized carbons (Fsp3) is 0.857. The molecule has 11 heavy (non-hydrogen) atoms. The van der Waals surface area contributed by atoms with Crippen molar-refractivity contribution in [2.24, 2.45) is 0 Å². The van der Waals surface area contributed by atoms with Crippen LogP contribution >= 0.6 is 0 Å². The number of hydrogen-bond donors (Lipinski definition) is 1. The van der Waals surface area contributed by atoms with E-state index >= 15 is 0 Å². The molecule has 0 rings (SSSR count). The molecule has 0 atom stereocenters. The summed E-state index contributed by atoms with van der Waals surface area (Å²) in [6, 6.07) is 0. The Labute approximate surface area is 104 Å². The molecule has 0 aliphatic carbocycles. The van der Waals surface area contributed by atoms with E-state index in [0.29, 0.717) is 17.6 Å². The third-order valence-electron chi connectivity index (χ3n) is 1.36. The number of aliphatic hydroxyl groups excluding tert-OH is 1. The standard InChI is InChI=1S/C7H16NO2.Ac/c1-7(10)6-8(2,3)4-5-9;/h9H,4-6H2,1-3H3;/q+1;. The first-order valence-electron chi connectivity index (χ1n) is 3.40. The molecule has 0 aromatic carbocycles. The summed E-state index contributed by atoms with van der Waals surface area (Å²) in [5, 5.41) is 8.59. The summed E-state index contributed by atoms with van der Waals surface area (Å²) >= 11 is 0. The molecule has 0 fully saturated rings. The van der Waals surface area contributed by atoms with Crippen LogP contribution in [-0.2, 0) is 4.79 Å². The van der Waals surface area contributed by atoms with Gasteiger partial charge in [-0.05, 0) is 0 Å². The number of likely N-dealkylation sites (N-methyl/N-ethyl adjacent to an activating group) is 1. The number of hydrogen-bond acceptors (Lipinski definition) is 2.